The molecule has 1 aliphatic heterocycles. The first-order valence-corrected chi connectivity index (χ1v) is 6.09. The quantitative estimate of drug-likeness (QED) is 0.769. The van der Waals surface area contributed by atoms with Crippen LogP contribution >= 0.6 is 0 Å². The van der Waals surface area contributed by atoms with Crippen molar-refractivity contribution >= 4 is 11.9 Å². The summed E-state index contributed by atoms with van der Waals surface area (Å²) >= 11 is 0. The van der Waals surface area contributed by atoms with Crippen molar-refractivity contribution in [3.63, 3.8) is 0 Å². The fraction of sp³-hybridized carbons (Fsp3) is 0.833. The smallest absolute Gasteiger partial charge is 0.323 e. The number of hydrogen-bond donors (Lipinski definition) is 2. The highest BCUT2D eigenvalue weighted by Crippen LogP contribution is 2.17. The van der Waals surface area contributed by atoms with Crippen LogP contribution in [0.5, 0.6) is 0 Å². The fourth-order valence-electron chi connectivity index (χ4n) is 2.03. The number of piperidine rings is 1. The minimum Gasteiger partial charge on any atom is -0.480 e. The predicted octanol–water partition coefficient (Wildman–Crippen LogP) is 0.840. The standard InChI is InChI=1S/C12H22N2O3/c1-12(2,3)14(8-10(15)16)11(17)9-6-4-5-7-13-9/h9,13H,4-8H2,1-3H3,(H,15,16). The lowest BCUT2D eigenvalue weighted by molar-refractivity contribution is -0.149. The SMILES string of the molecule is CC(C)(C)N(CC(=O)O)C(=O)C1CCCCN1. The first kappa shape index (κ1) is 14.0. The maximum atomic E-state index is 12.3. The van der Waals surface area contributed by atoms with E-state index >= 15 is 0 Å². The third-order valence-electron chi connectivity index (χ3n) is 2.98. The van der Waals surface area contributed by atoms with Gasteiger partial charge in [0.05, 0.1) is 6.04 Å². The molecule has 0 aromatic heterocycles. The number of nitrogens with one attached hydrogen (secondary N) is 1. The van der Waals surface area contributed by atoms with Crippen molar-refractivity contribution in [2.75, 3.05) is 13.1 Å². The summed E-state index contributed by atoms with van der Waals surface area (Å²) in [5.41, 5.74) is -0.464. The first-order valence-electron chi connectivity index (χ1n) is 6.09. The van der Waals surface area contributed by atoms with Gasteiger partial charge in [-0.05, 0) is 40.2 Å². The molecule has 98 valence electrons. The van der Waals surface area contributed by atoms with Gasteiger partial charge in [-0.1, -0.05) is 6.42 Å². The average molecular weight is 242 g/mol. The molecule has 1 rings (SSSR count). The first-order chi connectivity index (χ1) is 7.82. The fourth-order valence-corrected chi connectivity index (χ4v) is 2.03. The summed E-state index contributed by atoms with van der Waals surface area (Å²) in [5.74, 6) is -1.07. The van der Waals surface area contributed by atoms with E-state index in [0.29, 0.717) is 0 Å². The second-order valence-electron chi connectivity index (χ2n) is 5.49. The van der Waals surface area contributed by atoms with Crippen molar-refractivity contribution in [1.29, 1.82) is 0 Å². The van der Waals surface area contributed by atoms with E-state index in [2.05, 4.69) is 5.32 Å². The molecule has 0 aliphatic carbocycles. The van der Waals surface area contributed by atoms with Crippen molar-refractivity contribution in [3.05, 3.63) is 0 Å². The molecule has 1 aliphatic rings. The summed E-state index contributed by atoms with van der Waals surface area (Å²) in [5, 5.41) is 12.0. The van der Waals surface area contributed by atoms with Gasteiger partial charge in [0, 0.05) is 5.54 Å². The van der Waals surface area contributed by atoms with E-state index in [1.54, 1.807) is 0 Å². The van der Waals surface area contributed by atoms with Crippen LogP contribution < -0.4 is 5.32 Å². The molecule has 1 fully saturated rings. The summed E-state index contributed by atoms with van der Waals surface area (Å²) in [6.07, 6.45) is 2.90. The van der Waals surface area contributed by atoms with Crippen LogP contribution in [-0.4, -0.2) is 46.6 Å². The molecule has 0 bridgehead atoms. The number of carbonyl (C=O) groups excluding carboxylic acids is 1. The number of nitrogens with zero attached hydrogens (tertiary/aromatic N) is 1. The molecular weight excluding hydrogens is 220 g/mol. The third-order valence-corrected chi connectivity index (χ3v) is 2.98. The highest BCUT2D eigenvalue weighted by Gasteiger charge is 2.33. The van der Waals surface area contributed by atoms with E-state index in [1.165, 1.54) is 4.90 Å². The van der Waals surface area contributed by atoms with Crippen LogP contribution in [0.15, 0.2) is 0 Å². The second kappa shape index (κ2) is 5.49. The highest BCUT2D eigenvalue weighted by atomic mass is 16.4. The number of aliphatic carboxylic acids is 1. The third kappa shape index (κ3) is 4.00. The minimum atomic E-state index is -0.968. The van der Waals surface area contributed by atoms with Gasteiger partial charge in [-0.25, -0.2) is 0 Å². The largest absolute Gasteiger partial charge is 0.480 e. The number of amides is 1. The van der Waals surface area contributed by atoms with Crippen LogP contribution in [0.2, 0.25) is 0 Å². The lowest BCUT2D eigenvalue weighted by Gasteiger charge is -2.38. The lowest BCUT2D eigenvalue weighted by atomic mass is 9.99. The summed E-state index contributed by atoms with van der Waals surface area (Å²) in [7, 11) is 0. The van der Waals surface area contributed by atoms with E-state index in [1.807, 2.05) is 20.8 Å². The molecule has 1 amide bonds. The van der Waals surface area contributed by atoms with Crippen molar-refractivity contribution in [3.8, 4) is 0 Å². The molecule has 1 unspecified atom stereocenters. The zero-order valence-corrected chi connectivity index (χ0v) is 10.8. The Labute approximate surface area is 102 Å². The van der Waals surface area contributed by atoms with Gasteiger partial charge in [0.25, 0.3) is 0 Å². The normalized spacial score (nSPS) is 21.0. The monoisotopic (exact) mass is 242 g/mol. The van der Waals surface area contributed by atoms with Crippen LogP contribution in [0.1, 0.15) is 40.0 Å². The number of carbonyl (C=O) groups is 2. The van der Waals surface area contributed by atoms with Crippen molar-refractivity contribution in [1.82, 2.24) is 10.2 Å². The van der Waals surface area contributed by atoms with E-state index in [4.69, 9.17) is 5.11 Å². The minimum absolute atomic E-state index is 0.0976. The van der Waals surface area contributed by atoms with Crippen LogP contribution in [0.3, 0.4) is 0 Å². The molecule has 0 saturated carbocycles. The van der Waals surface area contributed by atoms with Crippen molar-refractivity contribution in [2.24, 2.45) is 0 Å². The Morgan fingerprint density at radius 1 is 1.35 bits per heavy atom. The number of hydrogen-bond acceptors (Lipinski definition) is 3. The lowest BCUT2D eigenvalue weighted by Crippen LogP contribution is -2.56. The Bertz CT molecular complexity index is 291. The molecule has 5 nitrogen and oxygen atoms in total. The maximum Gasteiger partial charge on any atom is 0.323 e. The zero-order valence-electron chi connectivity index (χ0n) is 10.8. The van der Waals surface area contributed by atoms with E-state index in [0.717, 1.165) is 25.8 Å². The Morgan fingerprint density at radius 3 is 2.41 bits per heavy atom. The van der Waals surface area contributed by atoms with Gasteiger partial charge >= 0.3 is 5.97 Å². The molecule has 17 heavy (non-hydrogen) atoms. The van der Waals surface area contributed by atoms with Gasteiger partial charge in [-0.3, -0.25) is 9.59 Å². The number of carboxylic acids is 1. The average Bonchev–Trinajstić information content (AvgIpc) is 2.24. The van der Waals surface area contributed by atoms with Crippen molar-refractivity contribution < 1.29 is 14.7 Å². The van der Waals surface area contributed by atoms with Gasteiger partial charge in [-0.2, -0.15) is 0 Å². The molecule has 0 radical (unpaired) electrons. The van der Waals surface area contributed by atoms with Crippen LogP contribution in [0, 0.1) is 0 Å². The summed E-state index contributed by atoms with van der Waals surface area (Å²) < 4.78 is 0. The van der Waals surface area contributed by atoms with Gasteiger partial charge < -0.3 is 15.3 Å². The Kier molecular flexibility index (Phi) is 4.51. The molecule has 0 spiro atoms. The zero-order chi connectivity index (χ0) is 13.1. The van der Waals surface area contributed by atoms with Gasteiger partial charge in [0.15, 0.2) is 0 Å². The predicted molar refractivity (Wildman–Crippen MR) is 64.7 cm³/mol. The van der Waals surface area contributed by atoms with E-state index in [-0.39, 0.29) is 18.5 Å². The Hall–Kier alpha value is -1.10. The summed E-state index contributed by atoms with van der Waals surface area (Å²) in [6.45, 7) is 6.17. The van der Waals surface area contributed by atoms with Crippen molar-refractivity contribution in [2.45, 2.75) is 51.6 Å². The number of carboxylic acid groups (broad SMARTS) is 1. The van der Waals surface area contributed by atoms with Crippen LogP contribution in [0.25, 0.3) is 0 Å². The maximum absolute atomic E-state index is 12.3. The van der Waals surface area contributed by atoms with Gasteiger partial charge in [0.1, 0.15) is 6.54 Å². The molecule has 5 heteroatoms. The Balaban J connectivity index is 2.74. The van der Waals surface area contributed by atoms with Gasteiger partial charge in [-0.15, -0.1) is 0 Å². The summed E-state index contributed by atoms with van der Waals surface area (Å²) in [4.78, 5) is 24.6. The molecule has 1 atom stereocenters. The number of rotatable bonds is 3. The molecule has 1 saturated heterocycles. The van der Waals surface area contributed by atoms with E-state index in [9.17, 15) is 9.59 Å². The highest BCUT2D eigenvalue weighted by molar-refractivity contribution is 5.86. The topological polar surface area (TPSA) is 69.6 Å². The molecule has 2 N–H and O–H groups in total. The van der Waals surface area contributed by atoms with E-state index < -0.39 is 11.5 Å². The molecule has 0 aromatic carbocycles. The molecular formula is C12H22N2O3. The molecule has 0 aromatic rings. The van der Waals surface area contributed by atoms with Gasteiger partial charge in [0.2, 0.25) is 5.91 Å². The molecule has 1 heterocycles. The second-order valence-corrected chi connectivity index (χ2v) is 5.49. The van der Waals surface area contributed by atoms with Crippen LogP contribution in [-0.2, 0) is 9.59 Å². The van der Waals surface area contributed by atoms with Crippen LogP contribution in [0.4, 0.5) is 0 Å². The summed E-state index contributed by atoms with van der Waals surface area (Å²) in [6, 6.07) is -0.220. The Morgan fingerprint density at radius 2 is 2.00 bits per heavy atom.